The average Bonchev–Trinajstić information content (AvgIpc) is 2.56. The van der Waals surface area contributed by atoms with Gasteiger partial charge in [0.2, 0.25) is 0 Å². The van der Waals surface area contributed by atoms with Gasteiger partial charge in [0.25, 0.3) is 0 Å². The molecule has 0 spiro atoms. The summed E-state index contributed by atoms with van der Waals surface area (Å²) < 4.78 is 0. The minimum absolute atomic E-state index is 0.303. The summed E-state index contributed by atoms with van der Waals surface area (Å²) in [7, 11) is 0. The molecule has 0 radical (unpaired) electrons. The van der Waals surface area contributed by atoms with Gasteiger partial charge < -0.3 is 5.11 Å². The molecule has 15 heavy (non-hydrogen) atoms. The van der Waals surface area contributed by atoms with Gasteiger partial charge in [-0.1, -0.05) is 23.8 Å². The number of aliphatic carboxylic acids is 1. The van der Waals surface area contributed by atoms with Crippen molar-refractivity contribution in [2.45, 2.75) is 32.6 Å². The Hall–Kier alpha value is -1.31. The minimum Gasteiger partial charge on any atom is -0.481 e. The quantitative estimate of drug-likeness (QED) is 0.821. The van der Waals surface area contributed by atoms with Gasteiger partial charge in [0.15, 0.2) is 0 Å². The second-order valence-corrected chi connectivity index (χ2v) is 4.48. The van der Waals surface area contributed by atoms with E-state index in [-0.39, 0.29) is 0 Å². The van der Waals surface area contributed by atoms with Crippen LogP contribution in [0.4, 0.5) is 0 Å². The second kappa shape index (κ2) is 4.05. The van der Waals surface area contributed by atoms with E-state index in [4.69, 9.17) is 5.11 Å². The first kappa shape index (κ1) is 10.2. The zero-order chi connectivity index (χ0) is 10.8. The van der Waals surface area contributed by atoms with Crippen LogP contribution in [0.15, 0.2) is 18.2 Å². The predicted molar refractivity (Wildman–Crippen MR) is 58.9 cm³/mol. The lowest BCUT2D eigenvalue weighted by atomic mass is 10.0. The van der Waals surface area contributed by atoms with E-state index in [0.29, 0.717) is 12.3 Å². The third-order valence-corrected chi connectivity index (χ3v) is 3.15. The maximum atomic E-state index is 10.5. The molecule has 1 N–H and O–H groups in total. The van der Waals surface area contributed by atoms with Gasteiger partial charge in [0.1, 0.15) is 0 Å². The van der Waals surface area contributed by atoms with Crippen molar-refractivity contribution in [2.75, 3.05) is 0 Å². The van der Waals surface area contributed by atoms with Gasteiger partial charge in [-0.3, -0.25) is 4.79 Å². The first-order valence-electron chi connectivity index (χ1n) is 5.45. The van der Waals surface area contributed by atoms with Crippen molar-refractivity contribution in [1.82, 2.24) is 0 Å². The Morgan fingerprint density at radius 1 is 1.40 bits per heavy atom. The van der Waals surface area contributed by atoms with Crippen LogP contribution < -0.4 is 0 Å². The number of carboxylic acids is 1. The zero-order valence-electron chi connectivity index (χ0n) is 8.99. The van der Waals surface area contributed by atoms with Crippen molar-refractivity contribution >= 4 is 5.97 Å². The number of aryl methyl sites for hydroxylation is 1. The van der Waals surface area contributed by atoms with Crippen LogP contribution in [0.2, 0.25) is 0 Å². The van der Waals surface area contributed by atoms with Crippen LogP contribution in [0.5, 0.6) is 0 Å². The molecule has 2 nitrogen and oxygen atoms in total. The molecule has 0 aromatic heterocycles. The highest BCUT2D eigenvalue weighted by atomic mass is 16.4. The van der Waals surface area contributed by atoms with Crippen molar-refractivity contribution in [1.29, 1.82) is 0 Å². The van der Waals surface area contributed by atoms with Gasteiger partial charge in [-0.15, -0.1) is 0 Å². The van der Waals surface area contributed by atoms with Crippen LogP contribution in [0, 0.1) is 12.8 Å². The van der Waals surface area contributed by atoms with Gasteiger partial charge in [-0.25, -0.2) is 0 Å². The summed E-state index contributed by atoms with van der Waals surface area (Å²) in [5.41, 5.74) is 4.13. The number of fused-ring (bicyclic) bond motifs is 1. The second-order valence-electron chi connectivity index (χ2n) is 4.48. The van der Waals surface area contributed by atoms with E-state index in [1.807, 2.05) is 0 Å². The molecule has 2 rings (SSSR count). The highest BCUT2D eigenvalue weighted by Gasteiger charge is 2.21. The number of hydrogen-bond donors (Lipinski definition) is 1. The average molecular weight is 204 g/mol. The van der Waals surface area contributed by atoms with Crippen LogP contribution in [-0.4, -0.2) is 11.1 Å². The number of carbonyl (C=O) groups is 1. The van der Waals surface area contributed by atoms with Crippen molar-refractivity contribution in [3.05, 3.63) is 34.9 Å². The van der Waals surface area contributed by atoms with Gasteiger partial charge in [-0.05, 0) is 43.2 Å². The summed E-state index contributed by atoms with van der Waals surface area (Å²) in [5, 5.41) is 8.63. The highest BCUT2D eigenvalue weighted by Crippen LogP contribution is 2.30. The number of rotatable bonds is 3. The maximum absolute atomic E-state index is 10.5. The summed E-state index contributed by atoms with van der Waals surface area (Å²) >= 11 is 0. The fourth-order valence-corrected chi connectivity index (χ4v) is 2.37. The smallest absolute Gasteiger partial charge is 0.303 e. The summed E-state index contributed by atoms with van der Waals surface area (Å²) in [6, 6.07) is 6.56. The molecule has 0 saturated carbocycles. The Bertz CT molecular complexity index is 382. The van der Waals surface area contributed by atoms with E-state index in [1.165, 1.54) is 16.7 Å². The normalized spacial score (nSPS) is 18.9. The molecule has 0 aliphatic heterocycles. The molecule has 1 aromatic carbocycles. The van der Waals surface area contributed by atoms with Gasteiger partial charge >= 0.3 is 5.97 Å². The first-order valence-corrected chi connectivity index (χ1v) is 5.45. The van der Waals surface area contributed by atoms with E-state index >= 15 is 0 Å². The highest BCUT2D eigenvalue weighted by molar-refractivity contribution is 5.66. The summed E-state index contributed by atoms with van der Waals surface area (Å²) in [6.07, 6.45) is 3.23. The summed E-state index contributed by atoms with van der Waals surface area (Å²) in [6.45, 7) is 2.10. The molecule has 0 heterocycles. The molecule has 2 heteroatoms. The zero-order valence-corrected chi connectivity index (χ0v) is 8.99. The Balaban J connectivity index is 2.00. The predicted octanol–water partition coefficient (Wildman–Crippen LogP) is 2.57. The number of benzene rings is 1. The van der Waals surface area contributed by atoms with E-state index < -0.39 is 5.97 Å². The van der Waals surface area contributed by atoms with Crippen molar-refractivity contribution in [3.63, 3.8) is 0 Å². The van der Waals surface area contributed by atoms with E-state index in [0.717, 1.165) is 19.3 Å². The first-order chi connectivity index (χ1) is 7.15. The number of hydrogen-bond acceptors (Lipinski definition) is 1. The third-order valence-electron chi connectivity index (χ3n) is 3.15. The lowest BCUT2D eigenvalue weighted by Gasteiger charge is -2.05. The van der Waals surface area contributed by atoms with Crippen molar-refractivity contribution in [2.24, 2.45) is 5.92 Å². The van der Waals surface area contributed by atoms with Gasteiger partial charge in [0, 0.05) is 6.42 Å². The minimum atomic E-state index is -0.679. The molecule has 80 valence electrons. The fraction of sp³-hybridized carbons (Fsp3) is 0.462. The van der Waals surface area contributed by atoms with Crippen LogP contribution in [0.3, 0.4) is 0 Å². The van der Waals surface area contributed by atoms with Crippen molar-refractivity contribution in [3.8, 4) is 0 Å². The topological polar surface area (TPSA) is 37.3 Å². The van der Waals surface area contributed by atoms with Crippen LogP contribution in [0.25, 0.3) is 0 Å². The molecular weight excluding hydrogens is 188 g/mol. The monoisotopic (exact) mass is 204 g/mol. The standard InChI is InChI=1S/C13H16O2/c1-9-2-4-11-7-10(3-5-13(14)15)8-12(11)6-9/h2,4,6,10H,3,5,7-8H2,1H3,(H,14,15). The molecule has 0 amide bonds. The van der Waals surface area contributed by atoms with Crippen molar-refractivity contribution < 1.29 is 9.90 Å². The lowest BCUT2D eigenvalue weighted by molar-refractivity contribution is -0.137. The lowest BCUT2D eigenvalue weighted by Crippen LogP contribution is -2.03. The largest absolute Gasteiger partial charge is 0.481 e. The fourth-order valence-electron chi connectivity index (χ4n) is 2.37. The van der Waals surface area contributed by atoms with Gasteiger partial charge in [0.05, 0.1) is 0 Å². The van der Waals surface area contributed by atoms with Crippen LogP contribution in [0.1, 0.15) is 29.5 Å². The maximum Gasteiger partial charge on any atom is 0.303 e. The van der Waals surface area contributed by atoms with E-state index in [2.05, 4.69) is 25.1 Å². The molecule has 1 aliphatic carbocycles. The van der Waals surface area contributed by atoms with E-state index in [9.17, 15) is 4.79 Å². The molecule has 0 saturated heterocycles. The van der Waals surface area contributed by atoms with Crippen LogP contribution in [-0.2, 0) is 17.6 Å². The summed E-state index contributed by atoms with van der Waals surface area (Å²) in [4.78, 5) is 10.5. The third kappa shape index (κ3) is 2.38. The van der Waals surface area contributed by atoms with E-state index in [1.54, 1.807) is 0 Å². The summed E-state index contributed by atoms with van der Waals surface area (Å²) in [5.74, 6) is -0.139. The molecule has 1 aliphatic rings. The van der Waals surface area contributed by atoms with Gasteiger partial charge in [-0.2, -0.15) is 0 Å². The number of carboxylic acid groups (broad SMARTS) is 1. The molecule has 1 aromatic rings. The Morgan fingerprint density at radius 2 is 2.13 bits per heavy atom. The molecule has 1 atom stereocenters. The Labute approximate surface area is 89.9 Å². The molecule has 1 unspecified atom stereocenters. The Kier molecular flexibility index (Phi) is 2.76. The Morgan fingerprint density at radius 3 is 2.87 bits per heavy atom. The molecule has 0 fully saturated rings. The van der Waals surface area contributed by atoms with Crippen LogP contribution >= 0.6 is 0 Å². The molecule has 0 bridgehead atoms. The SMILES string of the molecule is Cc1ccc2c(c1)CC(CCC(=O)O)C2. The molecular formula is C13H16O2.